The number of anilines is 1. The second-order valence-electron chi connectivity index (χ2n) is 5.98. The maximum absolute atomic E-state index is 13.1. The SMILES string of the molecule is CCCN1CCC[C@H](CNC(=O)C(=O)Nc2cccc(F)c2)C1. The van der Waals surface area contributed by atoms with Crippen LogP contribution in [0.4, 0.5) is 10.1 Å². The van der Waals surface area contributed by atoms with Crippen molar-refractivity contribution in [3.8, 4) is 0 Å². The van der Waals surface area contributed by atoms with Crippen LogP contribution >= 0.6 is 0 Å². The first-order valence-corrected chi connectivity index (χ1v) is 8.15. The highest BCUT2D eigenvalue weighted by molar-refractivity contribution is 6.39. The van der Waals surface area contributed by atoms with Gasteiger partial charge < -0.3 is 15.5 Å². The zero-order valence-electron chi connectivity index (χ0n) is 13.5. The number of hydrogen-bond donors (Lipinski definition) is 2. The monoisotopic (exact) mass is 321 g/mol. The Labute approximate surface area is 136 Å². The lowest BCUT2D eigenvalue weighted by Crippen LogP contribution is -2.43. The summed E-state index contributed by atoms with van der Waals surface area (Å²) in [4.78, 5) is 26.1. The van der Waals surface area contributed by atoms with Crippen LogP contribution in [0.2, 0.25) is 0 Å². The Morgan fingerprint density at radius 1 is 1.35 bits per heavy atom. The molecule has 1 aliphatic rings. The third-order valence-corrected chi connectivity index (χ3v) is 3.98. The minimum absolute atomic E-state index is 0.275. The Bertz CT molecular complexity index is 548. The number of carbonyl (C=O) groups excluding carboxylic acids is 2. The molecular weight excluding hydrogens is 297 g/mol. The van der Waals surface area contributed by atoms with Crippen molar-refractivity contribution < 1.29 is 14.0 Å². The molecule has 0 saturated carbocycles. The number of benzene rings is 1. The number of carbonyl (C=O) groups is 2. The number of halogens is 1. The molecule has 1 atom stereocenters. The van der Waals surface area contributed by atoms with Gasteiger partial charge in [0.05, 0.1) is 0 Å². The predicted octanol–water partition coefficient (Wildman–Crippen LogP) is 2.00. The summed E-state index contributed by atoms with van der Waals surface area (Å²) in [5.74, 6) is -1.53. The van der Waals surface area contributed by atoms with Crippen molar-refractivity contribution in [2.75, 3.05) is 31.5 Å². The van der Waals surface area contributed by atoms with E-state index in [1.54, 1.807) is 0 Å². The Hall–Kier alpha value is -1.95. The van der Waals surface area contributed by atoms with Gasteiger partial charge in [-0.2, -0.15) is 0 Å². The summed E-state index contributed by atoms with van der Waals surface area (Å²) in [6, 6.07) is 5.47. The molecule has 1 aromatic carbocycles. The first kappa shape index (κ1) is 17.4. The number of amides is 2. The van der Waals surface area contributed by atoms with Gasteiger partial charge in [0.15, 0.2) is 0 Å². The van der Waals surface area contributed by atoms with Crippen LogP contribution in [0.3, 0.4) is 0 Å². The van der Waals surface area contributed by atoms with Crippen molar-refractivity contribution in [3.05, 3.63) is 30.1 Å². The molecule has 126 valence electrons. The lowest BCUT2D eigenvalue weighted by Gasteiger charge is -2.32. The van der Waals surface area contributed by atoms with E-state index < -0.39 is 17.6 Å². The highest BCUT2D eigenvalue weighted by Gasteiger charge is 2.21. The average molecular weight is 321 g/mol. The zero-order chi connectivity index (χ0) is 16.7. The average Bonchev–Trinajstić information content (AvgIpc) is 2.53. The van der Waals surface area contributed by atoms with Crippen molar-refractivity contribution in [1.82, 2.24) is 10.2 Å². The number of likely N-dealkylation sites (tertiary alicyclic amines) is 1. The van der Waals surface area contributed by atoms with Gasteiger partial charge in [0.25, 0.3) is 0 Å². The molecule has 6 heteroatoms. The fraction of sp³-hybridized carbons (Fsp3) is 0.529. The van der Waals surface area contributed by atoms with E-state index in [9.17, 15) is 14.0 Å². The predicted molar refractivity (Wildman–Crippen MR) is 87.5 cm³/mol. The van der Waals surface area contributed by atoms with E-state index in [2.05, 4.69) is 22.5 Å². The van der Waals surface area contributed by atoms with Gasteiger partial charge in [0.1, 0.15) is 5.82 Å². The summed E-state index contributed by atoms with van der Waals surface area (Å²) in [6.45, 7) is 5.79. The Morgan fingerprint density at radius 3 is 2.91 bits per heavy atom. The second-order valence-corrected chi connectivity index (χ2v) is 5.98. The van der Waals surface area contributed by atoms with Crippen molar-refractivity contribution in [2.45, 2.75) is 26.2 Å². The fourth-order valence-corrected chi connectivity index (χ4v) is 2.91. The van der Waals surface area contributed by atoms with Gasteiger partial charge in [-0.15, -0.1) is 0 Å². The van der Waals surface area contributed by atoms with Crippen LogP contribution in [0.5, 0.6) is 0 Å². The first-order valence-electron chi connectivity index (χ1n) is 8.15. The van der Waals surface area contributed by atoms with E-state index in [0.29, 0.717) is 12.5 Å². The molecule has 0 aliphatic carbocycles. The van der Waals surface area contributed by atoms with E-state index in [1.165, 1.54) is 24.3 Å². The molecule has 23 heavy (non-hydrogen) atoms. The molecule has 1 aliphatic heterocycles. The van der Waals surface area contributed by atoms with Crippen molar-refractivity contribution in [3.63, 3.8) is 0 Å². The quantitative estimate of drug-likeness (QED) is 0.816. The van der Waals surface area contributed by atoms with Gasteiger partial charge in [-0.3, -0.25) is 9.59 Å². The molecule has 2 amide bonds. The van der Waals surface area contributed by atoms with Gasteiger partial charge in [0.2, 0.25) is 0 Å². The molecule has 1 aromatic rings. The summed E-state index contributed by atoms with van der Waals surface area (Å²) in [6.07, 6.45) is 3.30. The summed E-state index contributed by atoms with van der Waals surface area (Å²) in [5, 5.41) is 5.08. The lowest BCUT2D eigenvalue weighted by atomic mass is 9.98. The van der Waals surface area contributed by atoms with Crippen LogP contribution in [-0.4, -0.2) is 42.9 Å². The number of hydrogen-bond acceptors (Lipinski definition) is 3. The zero-order valence-corrected chi connectivity index (χ0v) is 13.5. The fourth-order valence-electron chi connectivity index (χ4n) is 2.91. The molecule has 1 saturated heterocycles. The normalized spacial score (nSPS) is 18.4. The van der Waals surface area contributed by atoms with Crippen LogP contribution in [0.15, 0.2) is 24.3 Å². The Balaban J connectivity index is 1.76. The number of nitrogens with zero attached hydrogens (tertiary/aromatic N) is 1. The molecule has 0 unspecified atom stereocenters. The highest BCUT2D eigenvalue weighted by Crippen LogP contribution is 2.15. The third kappa shape index (κ3) is 5.63. The maximum Gasteiger partial charge on any atom is 0.313 e. The molecule has 0 spiro atoms. The van der Waals surface area contributed by atoms with Crippen LogP contribution < -0.4 is 10.6 Å². The van der Waals surface area contributed by atoms with Crippen LogP contribution in [0.25, 0.3) is 0 Å². The Morgan fingerprint density at radius 2 is 2.17 bits per heavy atom. The van der Waals surface area contributed by atoms with Gasteiger partial charge in [-0.25, -0.2) is 4.39 Å². The molecule has 0 bridgehead atoms. The van der Waals surface area contributed by atoms with Gasteiger partial charge in [-0.1, -0.05) is 13.0 Å². The van der Waals surface area contributed by atoms with Gasteiger partial charge in [0, 0.05) is 18.8 Å². The topological polar surface area (TPSA) is 61.4 Å². The summed E-state index contributed by atoms with van der Waals surface area (Å²) >= 11 is 0. The van der Waals surface area contributed by atoms with Crippen molar-refractivity contribution in [2.24, 2.45) is 5.92 Å². The Kier molecular flexibility index (Phi) is 6.52. The largest absolute Gasteiger partial charge is 0.347 e. The maximum atomic E-state index is 13.1. The van der Waals surface area contributed by atoms with E-state index >= 15 is 0 Å². The molecule has 0 aromatic heterocycles. The van der Waals surface area contributed by atoms with E-state index in [1.807, 2.05) is 0 Å². The second kappa shape index (κ2) is 8.62. The molecule has 0 radical (unpaired) electrons. The van der Waals surface area contributed by atoms with E-state index in [0.717, 1.165) is 38.9 Å². The van der Waals surface area contributed by atoms with Crippen LogP contribution in [0.1, 0.15) is 26.2 Å². The van der Waals surface area contributed by atoms with Crippen molar-refractivity contribution in [1.29, 1.82) is 0 Å². The summed E-state index contributed by atoms with van der Waals surface area (Å²) < 4.78 is 13.1. The molecule has 1 heterocycles. The molecule has 2 rings (SSSR count). The molecular formula is C17H24FN3O2. The standard InChI is InChI=1S/C17H24FN3O2/c1-2-8-21-9-4-5-13(12-21)11-19-16(22)17(23)20-15-7-3-6-14(18)10-15/h3,6-7,10,13H,2,4-5,8-9,11-12H2,1H3,(H,19,22)(H,20,23)/t13-/m1/s1. The summed E-state index contributed by atoms with van der Waals surface area (Å²) in [7, 11) is 0. The van der Waals surface area contributed by atoms with E-state index in [4.69, 9.17) is 0 Å². The van der Waals surface area contributed by atoms with E-state index in [-0.39, 0.29) is 5.69 Å². The number of nitrogens with one attached hydrogen (secondary N) is 2. The van der Waals surface area contributed by atoms with Gasteiger partial charge >= 0.3 is 11.8 Å². The van der Waals surface area contributed by atoms with Crippen LogP contribution in [0, 0.1) is 11.7 Å². The minimum Gasteiger partial charge on any atom is -0.347 e. The summed E-state index contributed by atoms with van der Waals surface area (Å²) in [5.41, 5.74) is 0.275. The third-order valence-electron chi connectivity index (χ3n) is 3.98. The lowest BCUT2D eigenvalue weighted by molar-refractivity contribution is -0.136. The van der Waals surface area contributed by atoms with Crippen LogP contribution in [-0.2, 0) is 9.59 Å². The first-order chi connectivity index (χ1) is 11.1. The minimum atomic E-state index is -0.767. The number of rotatable bonds is 5. The molecule has 5 nitrogen and oxygen atoms in total. The highest BCUT2D eigenvalue weighted by atomic mass is 19.1. The number of piperidine rings is 1. The smallest absolute Gasteiger partial charge is 0.313 e. The van der Waals surface area contributed by atoms with Crippen molar-refractivity contribution >= 4 is 17.5 Å². The molecule has 2 N–H and O–H groups in total. The van der Waals surface area contributed by atoms with Gasteiger partial charge in [-0.05, 0) is 56.5 Å². The molecule has 1 fully saturated rings.